The van der Waals surface area contributed by atoms with Gasteiger partial charge in [0.2, 0.25) is 0 Å². The number of para-hydroxylation sites is 2. The van der Waals surface area contributed by atoms with Gasteiger partial charge in [0.25, 0.3) is 5.91 Å². The fraction of sp³-hybridized carbons (Fsp3) is 0.355. The highest BCUT2D eigenvalue weighted by atomic mass is 16.5. The van der Waals surface area contributed by atoms with Gasteiger partial charge < -0.3 is 30.5 Å². The van der Waals surface area contributed by atoms with Crippen molar-refractivity contribution >= 4 is 34.7 Å². The van der Waals surface area contributed by atoms with E-state index in [0.717, 1.165) is 66.5 Å². The minimum atomic E-state index is -0.353. The molecule has 8 heteroatoms. The monoisotopic (exact) mass is 529 g/mol. The van der Waals surface area contributed by atoms with E-state index in [-0.39, 0.29) is 18.0 Å². The molecular weight excluding hydrogens is 490 g/mol. The number of piperazine rings is 1. The number of hydrogen-bond donors (Lipinski definition) is 3. The van der Waals surface area contributed by atoms with E-state index in [1.165, 1.54) is 0 Å². The standard InChI is InChI=1S/C31H39N5O3/c1-6-23(4)32-30(37)25-20-24(33-31(38)34-26-13-11-21(2)19-22(26)3)12-14-27(25)35-15-17-36(18-16-35)28-9-7-8-10-29(28)39-5/h7-14,19-20,23H,6,15-18H2,1-5H3,(H,32,37)(H2,33,34,38). The number of urea groups is 1. The first-order chi connectivity index (χ1) is 18.8. The molecule has 0 aromatic heterocycles. The van der Waals surface area contributed by atoms with Crippen LogP contribution in [0.4, 0.5) is 27.5 Å². The fourth-order valence-corrected chi connectivity index (χ4v) is 4.79. The summed E-state index contributed by atoms with van der Waals surface area (Å²) in [6.45, 7) is 11.1. The normalized spacial score (nSPS) is 14.0. The van der Waals surface area contributed by atoms with Crippen LogP contribution in [0.5, 0.6) is 5.75 Å². The summed E-state index contributed by atoms with van der Waals surface area (Å²) in [7, 11) is 1.69. The molecule has 1 fully saturated rings. The van der Waals surface area contributed by atoms with E-state index in [9.17, 15) is 9.59 Å². The number of ether oxygens (including phenoxy) is 1. The minimum Gasteiger partial charge on any atom is -0.495 e. The van der Waals surface area contributed by atoms with E-state index in [0.29, 0.717) is 11.3 Å². The predicted molar refractivity (Wildman–Crippen MR) is 160 cm³/mol. The van der Waals surface area contributed by atoms with Crippen LogP contribution in [0.1, 0.15) is 41.8 Å². The lowest BCUT2D eigenvalue weighted by atomic mass is 10.1. The Bertz CT molecular complexity index is 1320. The molecule has 0 radical (unpaired) electrons. The van der Waals surface area contributed by atoms with Crippen molar-refractivity contribution in [3.05, 3.63) is 77.4 Å². The van der Waals surface area contributed by atoms with E-state index >= 15 is 0 Å². The van der Waals surface area contributed by atoms with Crippen molar-refractivity contribution in [3.63, 3.8) is 0 Å². The van der Waals surface area contributed by atoms with Crippen molar-refractivity contribution in [2.24, 2.45) is 0 Å². The summed E-state index contributed by atoms with van der Waals surface area (Å²) in [5.41, 5.74) is 5.90. The molecule has 0 saturated carbocycles. The van der Waals surface area contributed by atoms with Gasteiger partial charge in [-0.15, -0.1) is 0 Å². The van der Waals surface area contributed by atoms with Crippen LogP contribution >= 0.6 is 0 Å². The molecule has 1 aliphatic rings. The molecule has 3 aromatic rings. The average Bonchev–Trinajstić information content (AvgIpc) is 2.94. The van der Waals surface area contributed by atoms with Gasteiger partial charge in [-0.3, -0.25) is 4.79 Å². The third-order valence-electron chi connectivity index (χ3n) is 7.17. The summed E-state index contributed by atoms with van der Waals surface area (Å²) in [6, 6.07) is 19.1. The summed E-state index contributed by atoms with van der Waals surface area (Å²) in [5.74, 6) is 0.707. The molecule has 3 N–H and O–H groups in total. The van der Waals surface area contributed by atoms with Crippen LogP contribution in [-0.4, -0.2) is 51.3 Å². The van der Waals surface area contributed by atoms with Crippen LogP contribution in [0, 0.1) is 13.8 Å². The number of amides is 3. The van der Waals surface area contributed by atoms with Gasteiger partial charge in [0.15, 0.2) is 0 Å². The zero-order chi connectivity index (χ0) is 27.9. The Balaban J connectivity index is 1.52. The average molecular weight is 530 g/mol. The fourth-order valence-electron chi connectivity index (χ4n) is 4.79. The number of rotatable bonds is 8. The zero-order valence-electron chi connectivity index (χ0n) is 23.5. The van der Waals surface area contributed by atoms with E-state index in [1.807, 2.05) is 76.2 Å². The summed E-state index contributed by atoms with van der Waals surface area (Å²) in [6.07, 6.45) is 0.828. The molecule has 8 nitrogen and oxygen atoms in total. The highest BCUT2D eigenvalue weighted by Crippen LogP contribution is 2.31. The van der Waals surface area contributed by atoms with Crippen LogP contribution < -0.4 is 30.5 Å². The highest BCUT2D eigenvalue weighted by Gasteiger charge is 2.24. The van der Waals surface area contributed by atoms with E-state index < -0.39 is 0 Å². The quantitative estimate of drug-likeness (QED) is 0.343. The molecule has 206 valence electrons. The predicted octanol–water partition coefficient (Wildman–Crippen LogP) is 5.81. The van der Waals surface area contributed by atoms with Gasteiger partial charge in [-0.05, 0) is 69.2 Å². The third kappa shape index (κ3) is 6.82. The largest absolute Gasteiger partial charge is 0.495 e. The van der Waals surface area contributed by atoms with Crippen LogP contribution in [0.15, 0.2) is 60.7 Å². The molecular formula is C31H39N5O3. The maximum atomic E-state index is 13.4. The number of aryl methyl sites for hydroxylation is 2. The lowest BCUT2D eigenvalue weighted by Gasteiger charge is -2.38. The Kier molecular flexibility index (Phi) is 8.96. The highest BCUT2D eigenvalue weighted by molar-refractivity contribution is 6.04. The molecule has 39 heavy (non-hydrogen) atoms. The van der Waals surface area contributed by atoms with Gasteiger partial charge in [-0.1, -0.05) is 36.8 Å². The topological polar surface area (TPSA) is 85.9 Å². The molecule has 1 saturated heterocycles. The molecule has 1 heterocycles. The van der Waals surface area contributed by atoms with Gasteiger partial charge in [-0.2, -0.15) is 0 Å². The molecule has 3 amide bonds. The second-order valence-corrected chi connectivity index (χ2v) is 10.1. The Hall–Kier alpha value is -4.20. The van der Waals surface area contributed by atoms with Crippen molar-refractivity contribution < 1.29 is 14.3 Å². The number of methoxy groups -OCH3 is 1. The number of carbonyl (C=O) groups is 2. The van der Waals surface area contributed by atoms with Gasteiger partial charge in [0.1, 0.15) is 5.75 Å². The minimum absolute atomic E-state index is 0.0390. The first-order valence-corrected chi connectivity index (χ1v) is 13.5. The Morgan fingerprint density at radius 3 is 2.26 bits per heavy atom. The molecule has 1 unspecified atom stereocenters. The first kappa shape index (κ1) is 27.8. The third-order valence-corrected chi connectivity index (χ3v) is 7.17. The van der Waals surface area contributed by atoms with Gasteiger partial charge >= 0.3 is 6.03 Å². The number of anilines is 4. The van der Waals surface area contributed by atoms with E-state index in [1.54, 1.807) is 13.2 Å². The molecule has 1 atom stereocenters. The lowest BCUT2D eigenvalue weighted by Crippen LogP contribution is -2.47. The number of nitrogens with zero attached hydrogens (tertiary/aromatic N) is 2. The first-order valence-electron chi connectivity index (χ1n) is 13.5. The Labute approximate surface area is 231 Å². The summed E-state index contributed by atoms with van der Waals surface area (Å²) in [5, 5.41) is 8.89. The summed E-state index contributed by atoms with van der Waals surface area (Å²) >= 11 is 0. The number of carbonyl (C=O) groups excluding carboxylic acids is 2. The van der Waals surface area contributed by atoms with E-state index in [4.69, 9.17) is 4.74 Å². The summed E-state index contributed by atoms with van der Waals surface area (Å²) in [4.78, 5) is 30.7. The second-order valence-electron chi connectivity index (χ2n) is 10.1. The van der Waals surface area contributed by atoms with Crippen molar-refractivity contribution in [2.45, 2.75) is 40.2 Å². The van der Waals surface area contributed by atoms with Gasteiger partial charge in [0, 0.05) is 49.3 Å². The molecule has 0 spiro atoms. The number of benzene rings is 3. The Morgan fingerprint density at radius 1 is 0.897 bits per heavy atom. The second kappa shape index (κ2) is 12.6. The van der Waals surface area contributed by atoms with Crippen molar-refractivity contribution in [1.82, 2.24) is 5.32 Å². The SMILES string of the molecule is CCC(C)NC(=O)c1cc(NC(=O)Nc2ccc(C)cc2C)ccc1N1CCN(c2ccccc2OC)CC1. The van der Waals surface area contributed by atoms with Gasteiger partial charge in [-0.25, -0.2) is 4.79 Å². The molecule has 0 aliphatic carbocycles. The molecule has 1 aliphatic heterocycles. The van der Waals surface area contributed by atoms with E-state index in [2.05, 4.69) is 31.8 Å². The number of nitrogens with one attached hydrogen (secondary N) is 3. The van der Waals surface area contributed by atoms with Crippen LogP contribution in [0.3, 0.4) is 0 Å². The molecule has 0 bridgehead atoms. The molecule has 4 rings (SSSR count). The molecule has 3 aromatic carbocycles. The van der Waals surface area contributed by atoms with Crippen molar-refractivity contribution in [3.8, 4) is 5.75 Å². The summed E-state index contributed by atoms with van der Waals surface area (Å²) < 4.78 is 5.55. The maximum absolute atomic E-state index is 13.4. The van der Waals surface area contributed by atoms with Crippen LogP contribution in [0.25, 0.3) is 0 Å². The zero-order valence-corrected chi connectivity index (χ0v) is 23.5. The van der Waals surface area contributed by atoms with Crippen molar-refractivity contribution in [1.29, 1.82) is 0 Å². The lowest BCUT2D eigenvalue weighted by molar-refractivity contribution is 0.0939. The Morgan fingerprint density at radius 2 is 1.59 bits per heavy atom. The van der Waals surface area contributed by atoms with Crippen LogP contribution in [-0.2, 0) is 0 Å². The maximum Gasteiger partial charge on any atom is 0.323 e. The number of hydrogen-bond acceptors (Lipinski definition) is 5. The van der Waals surface area contributed by atoms with Crippen LogP contribution in [0.2, 0.25) is 0 Å². The smallest absolute Gasteiger partial charge is 0.323 e. The van der Waals surface area contributed by atoms with Crippen molar-refractivity contribution in [2.75, 3.05) is 53.7 Å². The van der Waals surface area contributed by atoms with Gasteiger partial charge in [0.05, 0.1) is 18.4 Å².